The van der Waals surface area contributed by atoms with E-state index in [0.717, 1.165) is 4.31 Å². The van der Waals surface area contributed by atoms with E-state index in [1.165, 1.54) is 45.4 Å². The maximum absolute atomic E-state index is 11.7. The summed E-state index contributed by atoms with van der Waals surface area (Å²) in [7, 11) is -0.113. The highest BCUT2D eigenvalue weighted by Gasteiger charge is 2.18. The standard InChI is InChI=1S/C13H15N3O5S/c1-15-13(18)10(8-14)6-9-4-5-11(17)12(7-9)21-22(19,20)16(2)3/h4-7,17H,1-3H3,(H,15,18)/b10-6+. The van der Waals surface area contributed by atoms with E-state index in [9.17, 15) is 18.3 Å². The van der Waals surface area contributed by atoms with Crippen LogP contribution in [0.2, 0.25) is 0 Å². The van der Waals surface area contributed by atoms with Crippen molar-refractivity contribution >= 4 is 22.3 Å². The fourth-order valence-corrected chi connectivity index (χ4v) is 1.83. The van der Waals surface area contributed by atoms with Crippen molar-refractivity contribution in [2.75, 3.05) is 21.1 Å². The summed E-state index contributed by atoms with van der Waals surface area (Å²) in [6.45, 7) is 0. The fourth-order valence-electron chi connectivity index (χ4n) is 1.33. The number of carbonyl (C=O) groups excluding carboxylic acids is 1. The van der Waals surface area contributed by atoms with Gasteiger partial charge < -0.3 is 14.6 Å². The summed E-state index contributed by atoms with van der Waals surface area (Å²) in [5, 5.41) is 20.9. The van der Waals surface area contributed by atoms with E-state index >= 15 is 0 Å². The maximum Gasteiger partial charge on any atom is 0.384 e. The Labute approximate surface area is 128 Å². The molecule has 1 aromatic rings. The second-order valence-electron chi connectivity index (χ2n) is 4.30. The molecule has 1 aromatic carbocycles. The van der Waals surface area contributed by atoms with Gasteiger partial charge in [-0.3, -0.25) is 4.79 Å². The Balaban J connectivity index is 3.24. The molecule has 0 heterocycles. The molecule has 0 radical (unpaired) electrons. The first kappa shape index (κ1) is 17.5. The molecule has 9 heteroatoms. The first-order chi connectivity index (χ1) is 10.2. The number of hydrogen-bond acceptors (Lipinski definition) is 6. The molecule has 118 valence electrons. The zero-order valence-corrected chi connectivity index (χ0v) is 13.0. The molecule has 1 rings (SSSR count). The largest absolute Gasteiger partial charge is 0.504 e. The van der Waals surface area contributed by atoms with Crippen LogP contribution in [0.15, 0.2) is 23.8 Å². The highest BCUT2D eigenvalue weighted by Crippen LogP contribution is 2.29. The Hall–Kier alpha value is -2.57. The molecule has 0 unspecified atom stereocenters. The predicted molar refractivity (Wildman–Crippen MR) is 79.0 cm³/mol. The average Bonchev–Trinajstić information content (AvgIpc) is 2.46. The summed E-state index contributed by atoms with van der Waals surface area (Å²) >= 11 is 0. The zero-order chi connectivity index (χ0) is 16.9. The molecule has 0 bridgehead atoms. The van der Waals surface area contributed by atoms with Gasteiger partial charge in [-0.15, -0.1) is 0 Å². The zero-order valence-electron chi connectivity index (χ0n) is 12.2. The third kappa shape index (κ3) is 4.21. The van der Waals surface area contributed by atoms with Gasteiger partial charge >= 0.3 is 10.3 Å². The number of phenolic OH excluding ortho intramolecular Hbond substituents is 1. The minimum absolute atomic E-state index is 0.172. The van der Waals surface area contributed by atoms with Crippen molar-refractivity contribution in [3.8, 4) is 17.6 Å². The quantitative estimate of drug-likeness (QED) is 0.591. The summed E-state index contributed by atoms with van der Waals surface area (Å²) < 4.78 is 28.9. The van der Waals surface area contributed by atoms with Gasteiger partial charge in [-0.2, -0.15) is 18.0 Å². The van der Waals surface area contributed by atoms with E-state index in [1.54, 1.807) is 6.07 Å². The lowest BCUT2D eigenvalue weighted by atomic mass is 10.1. The molecule has 0 aliphatic rings. The molecule has 0 aliphatic heterocycles. The SMILES string of the molecule is CNC(=O)/C(C#N)=C/c1ccc(O)c(OS(=O)(=O)N(C)C)c1. The molecule has 2 N–H and O–H groups in total. The smallest absolute Gasteiger partial charge is 0.384 e. The summed E-state index contributed by atoms with van der Waals surface area (Å²) in [5.74, 6) is -1.28. The van der Waals surface area contributed by atoms with Crippen LogP contribution in [0.5, 0.6) is 11.5 Å². The summed E-state index contributed by atoms with van der Waals surface area (Å²) in [4.78, 5) is 11.4. The molecule has 8 nitrogen and oxygen atoms in total. The van der Waals surface area contributed by atoms with Crippen LogP contribution < -0.4 is 9.50 Å². The van der Waals surface area contributed by atoms with Gasteiger partial charge in [0.25, 0.3) is 5.91 Å². The number of benzene rings is 1. The van der Waals surface area contributed by atoms with E-state index in [4.69, 9.17) is 9.44 Å². The van der Waals surface area contributed by atoms with Crippen molar-refractivity contribution in [3.05, 3.63) is 29.3 Å². The van der Waals surface area contributed by atoms with Crippen LogP contribution in [0.4, 0.5) is 0 Å². The van der Waals surface area contributed by atoms with Crippen LogP contribution in [0.25, 0.3) is 6.08 Å². The van der Waals surface area contributed by atoms with Crippen LogP contribution in [0.3, 0.4) is 0 Å². The molecule has 0 aliphatic carbocycles. The van der Waals surface area contributed by atoms with Crippen LogP contribution in [0.1, 0.15) is 5.56 Å². The van der Waals surface area contributed by atoms with Gasteiger partial charge in [0.1, 0.15) is 11.6 Å². The average molecular weight is 325 g/mol. The van der Waals surface area contributed by atoms with Crippen molar-refractivity contribution in [1.29, 1.82) is 5.26 Å². The molecular weight excluding hydrogens is 310 g/mol. The molecule has 1 amide bonds. The highest BCUT2D eigenvalue weighted by atomic mass is 32.2. The van der Waals surface area contributed by atoms with E-state index in [-0.39, 0.29) is 17.1 Å². The highest BCUT2D eigenvalue weighted by molar-refractivity contribution is 7.84. The normalized spacial score (nSPS) is 11.9. The third-order valence-electron chi connectivity index (χ3n) is 2.53. The second kappa shape index (κ2) is 6.93. The topological polar surface area (TPSA) is 120 Å². The summed E-state index contributed by atoms with van der Waals surface area (Å²) in [5.41, 5.74) is 0.150. The summed E-state index contributed by atoms with van der Waals surface area (Å²) in [6, 6.07) is 5.53. The first-order valence-electron chi connectivity index (χ1n) is 6.00. The van der Waals surface area contributed by atoms with E-state index < -0.39 is 16.2 Å². The van der Waals surface area contributed by atoms with Crippen molar-refractivity contribution in [3.63, 3.8) is 0 Å². The molecule has 0 spiro atoms. The number of carbonyl (C=O) groups is 1. The van der Waals surface area contributed by atoms with Gasteiger partial charge in [0.15, 0.2) is 11.5 Å². The van der Waals surface area contributed by atoms with Gasteiger partial charge in [0.2, 0.25) is 0 Å². The van der Waals surface area contributed by atoms with Gasteiger partial charge in [0, 0.05) is 21.1 Å². The first-order valence-corrected chi connectivity index (χ1v) is 7.36. The lowest BCUT2D eigenvalue weighted by Crippen LogP contribution is -2.27. The number of amides is 1. The maximum atomic E-state index is 11.7. The third-order valence-corrected chi connectivity index (χ3v) is 3.81. The van der Waals surface area contributed by atoms with Crippen LogP contribution >= 0.6 is 0 Å². The lowest BCUT2D eigenvalue weighted by Gasteiger charge is -2.13. The number of rotatable bonds is 5. The number of hydrogen-bond donors (Lipinski definition) is 2. The monoisotopic (exact) mass is 325 g/mol. The Kier molecular flexibility index (Phi) is 5.50. The fraction of sp³-hybridized carbons (Fsp3) is 0.231. The van der Waals surface area contributed by atoms with Crippen LogP contribution in [-0.4, -0.2) is 44.9 Å². The molecule has 0 saturated carbocycles. The Morgan fingerprint density at radius 1 is 1.45 bits per heavy atom. The van der Waals surface area contributed by atoms with Crippen LogP contribution in [-0.2, 0) is 15.1 Å². The van der Waals surface area contributed by atoms with Crippen molar-refractivity contribution in [2.45, 2.75) is 0 Å². The van der Waals surface area contributed by atoms with Gasteiger partial charge in [-0.25, -0.2) is 0 Å². The van der Waals surface area contributed by atoms with E-state index in [0.29, 0.717) is 5.56 Å². The van der Waals surface area contributed by atoms with Crippen LogP contribution in [0, 0.1) is 11.3 Å². The lowest BCUT2D eigenvalue weighted by molar-refractivity contribution is -0.116. The van der Waals surface area contributed by atoms with E-state index in [1.807, 2.05) is 0 Å². The molecule has 0 saturated heterocycles. The van der Waals surface area contributed by atoms with E-state index in [2.05, 4.69) is 5.32 Å². The Morgan fingerprint density at radius 2 is 2.09 bits per heavy atom. The van der Waals surface area contributed by atoms with Gasteiger partial charge in [0.05, 0.1) is 0 Å². The minimum atomic E-state index is -4.04. The second-order valence-corrected chi connectivity index (χ2v) is 6.05. The Morgan fingerprint density at radius 3 is 2.59 bits per heavy atom. The number of nitrogens with zero attached hydrogens (tertiary/aromatic N) is 2. The van der Waals surface area contributed by atoms with Gasteiger partial charge in [-0.05, 0) is 23.8 Å². The number of likely N-dealkylation sites (N-methyl/N-ethyl adjacent to an activating group) is 1. The Bertz CT molecular complexity index is 747. The van der Waals surface area contributed by atoms with Crippen molar-refractivity contribution < 1.29 is 22.5 Å². The summed E-state index contributed by atoms with van der Waals surface area (Å²) in [6.07, 6.45) is 1.24. The molecule has 0 aromatic heterocycles. The molecular formula is C13H15N3O5S. The van der Waals surface area contributed by atoms with Crippen molar-refractivity contribution in [1.82, 2.24) is 9.62 Å². The number of phenols is 1. The number of nitriles is 1. The van der Waals surface area contributed by atoms with Crippen molar-refractivity contribution in [2.24, 2.45) is 0 Å². The molecule has 22 heavy (non-hydrogen) atoms. The predicted octanol–water partition coefficient (Wildman–Crippen LogP) is 0.230. The van der Waals surface area contributed by atoms with Gasteiger partial charge in [-0.1, -0.05) is 6.07 Å². The molecule has 0 atom stereocenters. The number of aromatic hydroxyl groups is 1. The minimum Gasteiger partial charge on any atom is -0.504 e. The number of nitrogens with one attached hydrogen (secondary N) is 1. The molecule has 0 fully saturated rings.